The number of phenolic OH excluding ortho intramolecular Hbond substituents is 2. The van der Waals surface area contributed by atoms with Gasteiger partial charge in [0.05, 0.1) is 10.7 Å². The molecule has 3 nitrogen and oxygen atoms in total. The molecule has 0 unspecified atom stereocenters. The molecule has 4 heteroatoms. The van der Waals surface area contributed by atoms with Crippen LogP contribution in [0.15, 0.2) is 12.1 Å². The SMILES string of the molecule is CCc1nc2c(s1)CC[C@@H]1CCc3cc(O)c(O)cc3[C@@H]21. The van der Waals surface area contributed by atoms with E-state index in [2.05, 4.69) is 6.92 Å². The van der Waals surface area contributed by atoms with Crippen molar-refractivity contribution in [2.45, 2.75) is 44.9 Å². The maximum Gasteiger partial charge on any atom is 0.157 e. The number of rotatable bonds is 1. The first-order chi connectivity index (χ1) is 10.2. The third-order valence-corrected chi connectivity index (χ3v) is 6.21. The first kappa shape index (κ1) is 13.1. The largest absolute Gasteiger partial charge is 0.504 e. The average molecular weight is 301 g/mol. The van der Waals surface area contributed by atoms with Gasteiger partial charge in [-0.15, -0.1) is 11.3 Å². The lowest BCUT2D eigenvalue weighted by Gasteiger charge is -2.36. The fourth-order valence-electron chi connectivity index (χ4n) is 3.89. The van der Waals surface area contributed by atoms with Crippen LogP contribution in [-0.4, -0.2) is 15.2 Å². The molecule has 0 spiro atoms. The second-order valence-corrected chi connectivity index (χ2v) is 7.29. The van der Waals surface area contributed by atoms with Crippen molar-refractivity contribution >= 4 is 11.3 Å². The number of aromatic nitrogens is 1. The van der Waals surface area contributed by atoms with Crippen LogP contribution in [0.4, 0.5) is 0 Å². The van der Waals surface area contributed by atoms with Gasteiger partial charge in [0.25, 0.3) is 0 Å². The van der Waals surface area contributed by atoms with Crippen LogP contribution in [0, 0.1) is 5.92 Å². The first-order valence-corrected chi connectivity index (χ1v) is 8.52. The van der Waals surface area contributed by atoms with Gasteiger partial charge in [0.15, 0.2) is 11.5 Å². The maximum atomic E-state index is 9.90. The van der Waals surface area contributed by atoms with Crippen LogP contribution in [0.1, 0.15) is 52.4 Å². The highest BCUT2D eigenvalue weighted by atomic mass is 32.1. The van der Waals surface area contributed by atoms with E-state index in [1.807, 2.05) is 11.3 Å². The number of benzene rings is 1. The van der Waals surface area contributed by atoms with Crippen molar-refractivity contribution in [3.8, 4) is 11.5 Å². The Morgan fingerprint density at radius 2 is 1.95 bits per heavy atom. The summed E-state index contributed by atoms with van der Waals surface area (Å²) in [6, 6.07) is 3.50. The molecule has 1 aromatic carbocycles. The molecule has 0 aliphatic heterocycles. The molecule has 1 heterocycles. The van der Waals surface area contributed by atoms with Crippen LogP contribution in [-0.2, 0) is 19.3 Å². The fraction of sp³-hybridized carbons (Fsp3) is 0.471. The van der Waals surface area contributed by atoms with Crippen molar-refractivity contribution in [2.24, 2.45) is 5.92 Å². The number of hydrogen-bond donors (Lipinski definition) is 2. The maximum absolute atomic E-state index is 9.90. The van der Waals surface area contributed by atoms with E-state index in [1.165, 1.54) is 33.1 Å². The Hall–Kier alpha value is -1.55. The molecule has 0 saturated heterocycles. The summed E-state index contributed by atoms with van der Waals surface area (Å²) in [5.41, 5.74) is 3.58. The molecule has 2 aliphatic carbocycles. The van der Waals surface area contributed by atoms with E-state index in [4.69, 9.17) is 4.98 Å². The quantitative estimate of drug-likeness (QED) is 0.789. The smallest absolute Gasteiger partial charge is 0.157 e. The summed E-state index contributed by atoms with van der Waals surface area (Å²) in [4.78, 5) is 6.30. The average Bonchev–Trinajstić information content (AvgIpc) is 2.91. The molecule has 2 aromatic rings. The van der Waals surface area contributed by atoms with Gasteiger partial charge in [-0.3, -0.25) is 0 Å². The normalized spacial score (nSPS) is 23.3. The molecule has 1 aromatic heterocycles. The van der Waals surface area contributed by atoms with E-state index in [-0.39, 0.29) is 11.5 Å². The molecule has 4 rings (SSSR count). The highest BCUT2D eigenvalue weighted by Crippen LogP contribution is 2.49. The number of aryl methyl sites for hydroxylation is 3. The lowest BCUT2D eigenvalue weighted by molar-refractivity contribution is 0.354. The molecule has 2 N–H and O–H groups in total. The number of hydrogen-bond acceptors (Lipinski definition) is 4. The van der Waals surface area contributed by atoms with Crippen LogP contribution in [0.3, 0.4) is 0 Å². The van der Waals surface area contributed by atoms with Gasteiger partial charge in [-0.05, 0) is 61.3 Å². The Bertz CT molecular complexity index is 707. The lowest BCUT2D eigenvalue weighted by Crippen LogP contribution is -2.26. The van der Waals surface area contributed by atoms with Crippen molar-refractivity contribution in [3.63, 3.8) is 0 Å². The molecule has 21 heavy (non-hydrogen) atoms. The highest BCUT2D eigenvalue weighted by molar-refractivity contribution is 7.11. The summed E-state index contributed by atoms with van der Waals surface area (Å²) in [7, 11) is 0. The molecule has 0 radical (unpaired) electrons. The van der Waals surface area contributed by atoms with Crippen molar-refractivity contribution in [3.05, 3.63) is 38.8 Å². The highest BCUT2D eigenvalue weighted by Gasteiger charge is 2.37. The second kappa shape index (κ2) is 4.73. The van der Waals surface area contributed by atoms with Crippen molar-refractivity contribution in [2.75, 3.05) is 0 Å². The molecule has 110 valence electrons. The van der Waals surface area contributed by atoms with Gasteiger partial charge < -0.3 is 10.2 Å². The molecular weight excluding hydrogens is 282 g/mol. The predicted octanol–water partition coefficient (Wildman–Crippen LogP) is 3.76. The fourth-order valence-corrected chi connectivity index (χ4v) is 4.96. The van der Waals surface area contributed by atoms with E-state index in [9.17, 15) is 10.2 Å². The zero-order valence-corrected chi connectivity index (χ0v) is 12.9. The van der Waals surface area contributed by atoms with Crippen LogP contribution in [0.5, 0.6) is 11.5 Å². The third kappa shape index (κ3) is 1.96. The Kier molecular flexibility index (Phi) is 2.96. The molecular formula is C17H19NO2S. The van der Waals surface area contributed by atoms with Gasteiger partial charge in [0.2, 0.25) is 0 Å². The third-order valence-electron chi connectivity index (χ3n) is 4.94. The van der Waals surface area contributed by atoms with Gasteiger partial charge in [0, 0.05) is 10.8 Å². The van der Waals surface area contributed by atoms with E-state index in [0.717, 1.165) is 25.7 Å². The Morgan fingerprint density at radius 1 is 1.19 bits per heavy atom. The summed E-state index contributed by atoms with van der Waals surface area (Å²) >= 11 is 1.85. The monoisotopic (exact) mass is 301 g/mol. The molecule has 0 bridgehead atoms. The van der Waals surface area contributed by atoms with Crippen LogP contribution in [0.2, 0.25) is 0 Å². The molecule has 2 atom stereocenters. The minimum Gasteiger partial charge on any atom is -0.504 e. The number of aromatic hydroxyl groups is 2. The Labute approximate surface area is 128 Å². The summed E-state index contributed by atoms with van der Waals surface area (Å²) in [5.74, 6) is 0.921. The van der Waals surface area contributed by atoms with Crippen LogP contribution < -0.4 is 0 Å². The van der Waals surface area contributed by atoms with Gasteiger partial charge in [0.1, 0.15) is 0 Å². The zero-order chi connectivity index (χ0) is 14.6. The molecule has 0 amide bonds. The van der Waals surface area contributed by atoms with Crippen LogP contribution >= 0.6 is 11.3 Å². The molecule has 2 aliphatic rings. The minimum absolute atomic E-state index is 0.00393. The number of fused-ring (bicyclic) bond motifs is 5. The Morgan fingerprint density at radius 3 is 2.76 bits per heavy atom. The zero-order valence-electron chi connectivity index (χ0n) is 12.1. The lowest BCUT2D eigenvalue weighted by atomic mass is 9.69. The van der Waals surface area contributed by atoms with Gasteiger partial charge in [-0.25, -0.2) is 4.98 Å². The molecule has 0 fully saturated rings. The topological polar surface area (TPSA) is 53.4 Å². The van der Waals surface area contributed by atoms with E-state index < -0.39 is 0 Å². The summed E-state index contributed by atoms with van der Waals surface area (Å²) < 4.78 is 0. The Balaban J connectivity index is 1.88. The number of phenols is 2. The summed E-state index contributed by atoms with van der Waals surface area (Å²) in [5, 5.41) is 20.9. The number of nitrogens with zero attached hydrogens (tertiary/aromatic N) is 1. The summed E-state index contributed by atoms with van der Waals surface area (Å²) in [6.45, 7) is 2.15. The first-order valence-electron chi connectivity index (χ1n) is 7.70. The van der Waals surface area contributed by atoms with Gasteiger partial charge >= 0.3 is 0 Å². The van der Waals surface area contributed by atoms with Gasteiger partial charge in [-0.1, -0.05) is 6.92 Å². The van der Waals surface area contributed by atoms with Crippen molar-refractivity contribution in [1.29, 1.82) is 0 Å². The summed E-state index contributed by atoms with van der Waals surface area (Å²) in [6.07, 6.45) is 5.49. The van der Waals surface area contributed by atoms with E-state index in [0.29, 0.717) is 11.8 Å². The molecule has 0 saturated carbocycles. The van der Waals surface area contributed by atoms with Crippen LogP contribution in [0.25, 0.3) is 0 Å². The van der Waals surface area contributed by atoms with Crippen molar-refractivity contribution in [1.82, 2.24) is 4.98 Å². The van der Waals surface area contributed by atoms with E-state index in [1.54, 1.807) is 12.1 Å². The van der Waals surface area contributed by atoms with Gasteiger partial charge in [-0.2, -0.15) is 0 Å². The standard InChI is InChI=1S/C17H19NO2S/c1-2-15-18-17-14(21-15)6-5-9-3-4-10-7-12(19)13(20)8-11(10)16(9)17/h7-9,16,19-20H,2-6H2,1H3/t9-,16-/m0/s1. The number of thiazole rings is 1. The van der Waals surface area contributed by atoms with E-state index >= 15 is 0 Å². The predicted molar refractivity (Wildman–Crippen MR) is 83.2 cm³/mol. The van der Waals surface area contributed by atoms with Crippen molar-refractivity contribution < 1.29 is 10.2 Å². The minimum atomic E-state index is -0.00697. The second-order valence-electron chi connectivity index (χ2n) is 6.12.